The van der Waals surface area contributed by atoms with Gasteiger partial charge in [-0.25, -0.2) is 8.42 Å². The predicted octanol–water partition coefficient (Wildman–Crippen LogP) is 2.57. The van der Waals surface area contributed by atoms with Crippen LogP contribution in [-0.2, 0) is 23.0 Å². The minimum atomic E-state index is -3.30. The molecule has 1 aliphatic heterocycles. The Hall–Kier alpha value is -2.28. The van der Waals surface area contributed by atoms with Gasteiger partial charge < -0.3 is 9.32 Å². The summed E-state index contributed by atoms with van der Waals surface area (Å²) in [5.74, 6) is 1.42. The summed E-state index contributed by atoms with van der Waals surface area (Å²) in [6.07, 6.45) is 2.73. The third-order valence-electron chi connectivity index (χ3n) is 4.34. The molecule has 0 saturated carbocycles. The van der Waals surface area contributed by atoms with Crippen LogP contribution in [0, 0.1) is 6.92 Å². The lowest BCUT2D eigenvalue weighted by Gasteiger charge is -2.29. The lowest BCUT2D eigenvalue weighted by Crippen LogP contribution is -2.34. The van der Waals surface area contributed by atoms with Crippen molar-refractivity contribution in [2.75, 3.05) is 24.2 Å². The molecule has 6 nitrogen and oxygen atoms in total. The largest absolute Gasteiger partial charge is 0.464 e. The Kier molecular flexibility index (Phi) is 4.60. The SMILES string of the molecule is Cc1ccc(CN(C)C(=O)c2ccc3c(c2)CCCN3S(C)(=O)=O)o1. The van der Waals surface area contributed by atoms with Crippen LogP contribution in [-0.4, -0.2) is 39.1 Å². The Balaban J connectivity index is 1.82. The monoisotopic (exact) mass is 362 g/mol. The molecule has 2 aromatic rings. The average Bonchev–Trinajstić information content (AvgIpc) is 2.97. The van der Waals surface area contributed by atoms with E-state index >= 15 is 0 Å². The van der Waals surface area contributed by atoms with Gasteiger partial charge in [-0.3, -0.25) is 9.10 Å². The number of aryl methyl sites for hydroxylation is 2. The fourth-order valence-electron chi connectivity index (χ4n) is 3.14. The van der Waals surface area contributed by atoms with Crippen LogP contribution in [0.3, 0.4) is 0 Å². The van der Waals surface area contributed by atoms with Gasteiger partial charge >= 0.3 is 0 Å². The van der Waals surface area contributed by atoms with Crippen molar-refractivity contribution in [2.45, 2.75) is 26.3 Å². The van der Waals surface area contributed by atoms with Gasteiger partial charge in [0, 0.05) is 19.2 Å². The fourth-order valence-corrected chi connectivity index (χ4v) is 4.13. The van der Waals surface area contributed by atoms with Crippen LogP contribution in [0.15, 0.2) is 34.7 Å². The van der Waals surface area contributed by atoms with Gasteiger partial charge in [0.1, 0.15) is 11.5 Å². The first-order valence-electron chi connectivity index (χ1n) is 8.17. The maximum atomic E-state index is 12.7. The smallest absolute Gasteiger partial charge is 0.254 e. The number of carbonyl (C=O) groups is 1. The first-order valence-corrected chi connectivity index (χ1v) is 10.0. The number of benzene rings is 1. The number of nitrogens with zero attached hydrogens (tertiary/aromatic N) is 2. The Bertz CT molecular complexity index is 902. The van der Waals surface area contributed by atoms with Crippen molar-refractivity contribution < 1.29 is 17.6 Å². The second-order valence-corrected chi connectivity index (χ2v) is 8.36. The van der Waals surface area contributed by atoms with Gasteiger partial charge in [0.05, 0.1) is 18.5 Å². The molecule has 1 amide bonds. The van der Waals surface area contributed by atoms with Gasteiger partial charge in [0.15, 0.2) is 0 Å². The van der Waals surface area contributed by atoms with Crippen molar-refractivity contribution >= 4 is 21.6 Å². The second kappa shape index (κ2) is 6.55. The quantitative estimate of drug-likeness (QED) is 0.838. The van der Waals surface area contributed by atoms with E-state index in [-0.39, 0.29) is 5.91 Å². The highest BCUT2D eigenvalue weighted by atomic mass is 32.2. The minimum Gasteiger partial charge on any atom is -0.464 e. The summed E-state index contributed by atoms with van der Waals surface area (Å²) in [4.78, 5) is 14.3. The zero-order valence-corrected chi connectivity index (χ0v) is 15.5. The summed E-state index contributed by atoms with van der Waals surface area (Å²) in [5.41, 5.74) is 2.12. The van der Waals surface area contributed by atoms with Crippen LogP contribution in [0.1, 0.15) is 33.9 Å². The summed E-state index contributed by atoms with van der Waals surface area (Å²) in [7, 11) is -1.58. The maximum absolute atomic E-state index is 12.7. The van der Waals surface area contributed by atoms with E-state index in [2.05, 4.69) is 0 Å². The van der Waals surface area contributed by atoms with Crippen molar-refractivity contribution in [1.82, 2.24) is 4.90 Å². The van der Waals surface area contributed by atoms with Crippen molar-refractivity contribution in [3.8, 4) is 0 Å². The number of sulfonamides is 1. The molecule has 1 aliphatic rings. The van der Waals surface area contributed by atoms with E-state index in [0.29, 0.717) is 24.3 Å². The molecule has 0 N–H and O–H groups in total. The first kappa shape index (κ1) is 17.5. The van der Waals surface area contributed by atoms with Crippen LogP contribution in [0.25, 0.3) is 0 Å². The van der Waals surface area contributed by atoms with Gasteiger partial charge in [0.2, 0.25) is 10.0 Å². The molecule has 0 atom stereocenters. The van der Waals surface area contributed by atoms with Crippen molar-refractivity contribution in [1.29, 1.82) is 0 Å². The highest BCUT2D eigenvalue weighted by Crippen LogP contribution is 2.30. The van der Waals surface area contributed by atoms with Crippen molar-refractivity contribution in [3.05, 3.63) is 53.0 Å². The third kappa shape index (κ3) is 3.71. The lowest BCUT2D eigenvalue weighted by molar-refractivity contribution is 0.0775. The van der Waals surface area contributed by atoms with Gasteiger partial charge in [0.25, 0.3) is 5.91 Å². The van der Waals surface area contributed by atoms with Crippen LogP contribution in [0.2, 0.25) is 0 Å². The number of furan rings is 1. The summed E-state index contributed by atoms with van der Waals surface area (Å²) >= 11 is 0. The number of amides is 1. The molecule has 1 aromatic carbocycles. The Labute approximate surface area is 148 Å². The molecule has 7 heteroatoms. The summed E-state index contributed by atoms with van der Waals surface area (Å²) in [5, 5.41) is 0. The molecule has 3 rings (SSSR count). The van der Waals surface area contributed by atoms with E-state index < -0.39 is 10.0 Å². The second-order valence-electron chi connectivity index (χ2n) is 6.46. The Morgan fingerprint density at radius 1 is 1.28 bits per heavy atom. The number of rotatable bonds is 4. The third-order valence-corrected chi connectivity index (χ3v) is 5.52. The fraction of sp³-hybridized carbons (Fsp3) is 0.389. The van der Waals surface area contributed by atoms with Gasteiger partial charge in [-0.05, 0) is 55.7 Å². The van der Waals surface area contributed by atoms with Crippen LogP contribution in [0.5, 0.6) is 0 Å². The highest BCUT2D eigenvalue weighted by molar-refractivity contribution is 7.92. The van der Waals surface area contributed by atoms with Gasteiger partial charge in [-0.1, -0.05) is 0 Å². The number of hydrogen-bond acceptors (Lipinski definition) is 4. The molecule has 0 aliphatic carbocycles. The maximum Gasteiger partial charge on any atom is 0.254 e. The number of hydrogen-bond donors (Lipinski definition) is 0. The topological polar surface area (TPSA) is 70.8 Å². The molecule has 2 heterocycles. The van der Waals surface area contributed by atoms with E-state index in [4.69, 9.17) is 4.42 Å². The van der Waals surface area contributed by atoms with E-state index in [1.807, 2.05) is 19.1 Å². The van der Waals surface area contributed by atoms with Crippen molar-refractivity contribution in [3.63, 3.8) is 0 Å². The van der Waals surface area contributed by atoms with Crippen LogP contribution in [0.4, 0.5) is 5.69 Å². The molecule has 0 radical (unpaired) electrons. The van der Waals surface area contributed by atoms with E-state index in [1.54, 1.807) is 30.1 Å². The van der Waals surface area contributed by atoms with E-state index in [9.17, 15) is 13.2 Å². The molecule has 0 saturated heterocycles. The zero-order chi connectivity index (χ0) is 18.2. The van der Waals surface area contributed by atoms with Crippen LogP contribution >= 0.6 is 0 Å². The lowest BCUT2D eigenvalue weighted by atomic mass is 10.0. The molecular weight excluding hydrogens is 340 g/mol. The summed E-state index contributed by atoms with van der Waals surface area (Å²) in [6, 6.07) is 8.95. The molecule has 25 heavy (non-hydrogen) atoms. The molecule has 0 fully saturated rings. The molecular formula is C18H22N2O4S. The van der Waals surface area contributed by atoms with E-state index in [0.717, 1.165) is 29.9 Å². The standard InChI is InChI=1S/C18H22N2O4S/c1-13-6-8-16(24-13)12-19(2)18(21)15-7-9-17-14(11-15)5-4-10-20(17)25(3,22)23/h6-9,11H,4-5,10,12H2,1-3H3. The predicted molar refractivity (Wildman–Crippen MR) is 96.2 cm³/mol. The Morgan fingerprint density at radius 3 is 2.68 bits per heavy atom. The Morgan fingerprint density at radius 2 is 2.04 bits per heavy atom. The highest BCUT2D eigenvalue weighted by Gasteiger charge is 2.25. The summed E-state index contributed by atoms with van der Waals surface area (Å²) in [6.45, 7) is 2.73. The first-order chi connectivity index (χ1) is 11.8. The summed E-state index contributed by atoms with van der Waals surface area (Å²) < 4.78 is 30.8. The zero-order valence-electron chi connectivity index (χ0n) is 14.7. The molecule has 0 bridgehead atoms. The molecule has 1 aromatic heterocycles. The molecule has 0 unspecified atom stereocenters. The number of anilines is 1. The van der Waals surface area contributed by atoms with E-state index in [1.165, 1.54) is 10.6 Å². The van der Waals surface area contributed by atoms with Crippen LogP contribution < -0.4 is 4.31 Å². The minimum absolute atomic E-state index is 0.117. The molecule has 134 valence electrons. The normalized spacial score (nSPS) is 14.3. The van der Waals surface area contributed by atoms with Gasteiger partial charge in [-0.15, -0.1) is 0 Å². The average molecular weight is 362 g/mol. The van der Waals surface area contributed by atoms with Crippen molar-refractivity contribution in [2.24, 2.45) is 0 Å². The number of fused-ring (bicyclic) bond motifs is 1. The number of carbonyl (C=O) groups excluding carboxylic acids is 1. The molecule has 0 spiro atoms. The van der Waals surface area contributed by atoms with Gasteiger partial charge in [-0.2, -0.15) is 0 Å².